The minimum Gasteiger partial charge on any atom is -0.298 e. The number of benzene rings is 1. The second-order valence-electron chi connectivity index (χ2n) is 7.76. The van der Waals surface area contributed by atoms with Gasteiger partial charge in [0.25, 0.3) is 0 Å². The van der Waals surface area contributed by atoms with Gasteiger partial charge in [0, 0.05) is 49.1 Å². The molecule has 0 amide bonds. The average molecular weight is 403 g/mol. The molecule has 3 aromatic rings. The van der Waals surface area contributed by atoms with Crippen LogP contribution in [0.3, 0.4) is 0 Å². The topological polar surface area (TPSA) is 49.7 Å². The fourth-order valence-electron chi connectivity index (χ4n) is 4.18. The summed E-state index contributed by atoms with van der Waals surface area (Å²) < 4.78 is 41.2. The summed E-state index contributed by atoms with van der Waals surface area (Å²) in [7, 11) is 1.92. The van der Waals surface area contributed by atoms with Crippen molar-refractivity contribution in [1.29, 1.82) is 0 Å². The molecule has 0 aliphatic carbocycles. The Hall–Kier alpha value is -2.61. The summed E-state index contributed by atoms with van der Waals surface area (Å²) in [6, 6.07) is 5.46. The first-order chi connectivity index (χ1) is 13.8. The zero-order chi connectivity index (χ0) is 20.6. The van der Waals surface area contributed by atoms with Crippen LogP contribution in [-0.4, -0.2) is 38.0 Å². The van der Waals surface area contributed by atoms with Gasteiger partial charge < -0.3 is 0 Å². The van der Waals surface area contributed by atoms with Crippen LogP contribution < -0.4 is 0 Å². The van der Waals surface area contributed by atoms with E-state index in [1.165, 1.54) is 17.7 Å². The predicted octanol–water partition coefficient (Wildman–Crippen LogP) is 4.52. The van der Waals surface area contributed by atoms with Crippen molar-refractivity contribution >= 4 is 0 Å². The molecule has 5 nitrogen and oxygen atoms in total. The molecule has 29 heavy (non-hydrogen) atoms. The Morgan fingerprint density at radius 2 is 2.10 bits per heavy atom. The molecule has 1 unspecified atom stereocenters. The minimum atomic E-state index is -4.36. The number of rotatable bonds is 4. The quantitative estimate of drug-likeness (QED) is 0.697. The lowest BCUT2D eigenvalue weighted by molar-refractivity contribution is -0.137. The number of H-pyrrole nitrogens is 1. The maximum Gasteiger partial charge on any atom is 0.416 e. The van der Waals surface area contributed by atoms with Gasteiger partial charge in [-0.05, 0) is 44.0 Å². The van der Waals surface area contributed by atoms with E-state index >= 15 is 0 Å². The van der Waals surface area contributed by atoms with Crippen LogP contribution in [0.25, 0.3) is 11.1 Å². The monoisotopic (exact) mass is 403 g/mol. The van der Waals surface area contributed by atoms with E-state index in [9.17, 15) is 13.2 Å². The smallest absolute Gasteiger partial charge is 0.298 e. The van der Waals surface area contributed by atoms with Crippen LogP contribution in [0.5, 0.6) is 0 Å². The summed E-state index contributed by atoms with van der Waals surface area (Å²) in [4.78, 5) is 2.38. The second kappa shape index (κ2) is 7.67. The Labute approximate surface area is 167 Å². The van der Waals surface area contributed by atoms with Gasteiger partial charge in [0.15, 0.2) is 0 Å². The molecule has 1 aliphatic heterocycles. The van der Waals surface area contributed by atoms with Gasteiger partial charge in [-0.3, -0.25) is 14.7 Å². The zero-order valence-corrected chi connectivity index (χ0v) is 16.5. The minimum absolute atomic E-state index is 0.202. The number of nitrogens with zero attached hydrogens (tertiary/aromatic N) is 4. The van der Waals surface area contributed by atoms with Gasteiger partial charge in [-0.15, -0.1) is 0 Å². The maximum atomic E-state index is 13.1. The third-order valence-electron chi connectivity index (χ3n) is 5.59. The molecule has 1 aliphatic rings. The van der Waals surface area contributed by atoms with E-state index in [-0.39, 0.29) is 5.92 Å². The molecule has 0 spiro atoms. The van der Waals surface area contributed by atoms with Crippen LogP contribution in [-0.2, 0) is 19.8 Å². The van der Waals surface area contributed by atoms with Gasteiger partial charge in [0.2, 0.25) is 0 Å². The molecule has 1 fully saturated rings. The van der Waals surface area contributed by atoms with Gasteiger partial charge in [-0.1, -0.05) is 12.1 Å². The summed E-state index contributed by atoms with van der Waals surface area (Å²) in [5.74, 6) is 0.202. The van der Waals surface area contributed by atoms with Crippen LogP contribution in [0, 0.1) is 6.92 Å². The molecule has 1 saturated heterocycles. The van der Waals surface area contributed by atoms with Crippen molar-refractivity contribution in [2.75, 3.05) is 13.1 Å². The van der Waals surface area contributed by atoms with Crippen molar-refractivity contribution in [1.82, 2.24) is 24.9 Å². The van der Waals surface area contributed by atoms with E-state index in [1.54, 1.807) is 12.3 Å². The largest absolute Gasteiger partial charge is 0.416 e. The van der Waals surface area contributed by atoms with Crippen LogP contribution in [0.1, 0.15) is 41.3 Å². The number of hydrogen-bond acceptors (Lipinski definition) is 3. The highest BCUT2D eigenvalue weighted by Gasteiger charge is 2.31. The van der Waals surface area contributed by atoms with E-state index in [0.717, 1.165) is 55.5 Å². The van der Waals surface area contributed by atoms with Crippen molar-refractivity contribution in [2.24, 2.45) is 7.05 Å². The molecule has 3 heterocycles. The number of nitrogens with one attached hydrogen (secondary N) is 1. The number of alkyl halides is 3. The van der Waals surface area contributed by atoms with E-state index in [1.807, 2.05) is 24.9 Å². The Balaban J connectivity index is 1.55. The summed E-state index contributed by atoms with van der Waals surface area (Å²) in [6.07, 6.45) is 1.34. The summed E-state index contributed by atoms with van der Waals surface area (Å²) in [5, 5.41) is 11.6. The zero-order valence-electron chi connectivity index (χ0n) is 16.5. The highest BCUT2D eigenvalue weighted by molar-refractivity contribution is 5.66. The summed E-state index contributed by atoms with van der Waals surface area (Å²) in [6.45, 7) is 4.67. The number of aromatic amines is 1. The van der Waals surface area contributed by atoms with Crippen LogP contribution in [0.15, 0.2) is 36.7 Å². The Bertz CT molecular complexity index is 988. The molecular formula is C21H24F3N5. The van der Waals surface area contributed by atoms with E-state index in [2.05, 4.69) is 20.2 Å². The number of piperidine rings is 1. The molecule has 2 aromatic heterocycles. The third-order valence-corrected chi connectivity index (χ3v) is 5.59. The van der Waals surface area contributed by atoms with Crippen molar-refractivity contribution < 1.29 is 13.2 Å². The molecular weight excluding hydrogens is 379 g/mol. The molecule has 0 radical (unpaired) electrons. The first-order valence-electron chi connectivity index (χ1n) is 9.73. The molecule has 0 saturated carbocycles. The van der Waals surface area contributed by atoms with Gasteiger partial charge in [-0.2, -0.15) is 23.4 Å². The van der Waals surface area contributed by atoms with Crippen molar-refractivity contribution in [2.45, 2.75) is 38.4 Å². The van der Waals surface area contributed by atoms with Gasteiger partial charge >= 0.3 is 6.18 Å². The highest BCUT2D eigenvalue weighted by Crippen LogP contribution is 2.36. The van der Waals surface area contributed by atoms with Crippen LogP contribution in [0.4, 0.5) is 13.2 Å². The predicted molar refractivity (Wildman–Crippen MR) is 104 cm³/mol. The van der Waals surface area contributed by atoms with Crippen LogP contribution in [0.2, 0.25) is 0 Å². The molecule has 1 aromatic carbocycles. The van der Waals surface area contributed by atoms with E-state index in [4.69, 9.17) is 0 Å². The number of hydrogen-bond donors (Lipinski definition) is 1. The molecule has 8 heteroatoms. The summed E-state index contributed by atoms with van der Waals surface area (Å²) >= 11 is 0. The maximum absolute atomic E-state index is 13.1. The number of aryl methyl sites for hydroxylation is 2. The molecule has 1 atom stereocenters. The Morgan fingerprint density at radius 3 is 2.83 bits per heavy atom. The first kappa shape index (κ1) is 19.7. The Morgan fingerprint density at radius 1 is 1.28 bits per heavy atom. The molecule has 0 bridgehead atoms. The van der Waals surface area contributed by atoms with Crippen molar-refractivity contribution in [3.63, 3.8) is 0 Å². The number of halogens is 3. The average Bonchev–Trinajstić information content (AvgIpc) is 3.28. The van der Waals surface area contributed by atoms with Gasteiger partial charge in [-0.25, -0.2) is 0 Å². The van der Waals surface area contributed by atoms with Crippen LogP contribution >= 0.6 is 0 Å². The highest BCUT2D eigenvalue weighted by atomic mass is 19.4. The lowest BCUT2D eigenvalue weighted by Crippen LogP contribution is -2.34. The molecule has 1 N–H and O–H groups in total. The lowest BCUT2D eigenvalue weighted by Gasteiger charge is -2.32. The standard InChI is InChI=1S/C21H24F3N5/c1-14-17(11-28(2)27-14)13-29-8-4-6-16(12-29)20-19(10-25-26-20)15-5-3-7-18(9-15)21(22,23)24/h3,5,7,9-11,16H,4,6,8,12-13H2,1-2H3,(H,25,26). The van der Waals surface area contributed by atoms with E-state index in [0.29, 0.717) is 5.56 Å². The van der Waals surface area contributed by atoms with Crippen molar-refractivity contribution in [3.05, 3.63) is 59.2 Å². The molecule has 154 valence electrons. The SMILES string of the molecule is Cc1nn(C)cc1CN1CCCC(c2[nH]ncc2-c2cccc(C(F)(F)F)c2)C1. The summed E-state index contributed by atoms with van der Waals surface area (Å²) in [5.41, 5.74) is 3.80. The third kappa shape index (κ3) is 4.22. The molecule has 4 rings (SSSR count). The normalized spacial score (nSPS) is 18.3. The van der Waals surface area contributed by atoms with Gasteiger partial charge in [0.1, 0.15) is 0 Å². The first-order valence-corrected chi connectivity index (χ1v) is 9.73. The van der Waals surface area contributed by atoms with Gasteiger partial charge in [0.05, 0.1) is 17.5 Å². The Kier molecular flexibility index (Phi) is 5.21. The second-order valence-corrected chi connectivity index (χ2v) is 7.76. The fraction of sp³-hybridized carbons (Fsp3) is 0.429. The number of likely N-dealkylation sites (tertiary alicyclic amines) is 1. The van der Waals surface area contributed by atoms with Crippen molar-refractivity contribution in [3.8, 4) is 11.1 Å². The van der Waals surface area contributed by atoms with E-state index < -0.39 is 11.7 Å². The fourth-order valence-corrected chi connectivity index (χ4v) is 4.18. The number of aromatic nitrogens is 4. The lowest BCUT2D eigenvalue weighted by atomic mass is 9.90.